The number of aryl methyl sites for hydroxylation is 1. The van der Waals surface area contributed by atoms with E-state index in [0.717, 1.165) is 35.1 Å². The molecule has 0 bridgehead atoms. The fourth-order valence-corrected chi connectivity index (χ4v) is 4.12. The van der Waals surface area contributed by atoms with Crippen LogP contribution in [0, 0.1) is 12.8 Å². The lowest BCUT2D eigenvalue weighted by molar-refractivity contribution is -0.129. The molecule has 0 spiro atoms. The maximum absolute atomic E-state index is 12.6. The number of carbonyl (C=O) groups excluding carboxylic acids is 2. The van der Waals surface area contributed by atoms with E-state index < -0.39 is 6.04 Å². The number of anilines is 1. The van der Waals surface area contributed by atoms with Gasteiger partial charge in [0.25, 0.3) is 0 Å². The molecule has 0 aliphatic carbocycles. The first-order chi connectivity index (χ1) is 14.3. The minimum absolute atomic E-state index is 0. The molecule has 0 radical (unpaired) electrons. The standard InChI is InChI=1S/C22H28BrN5O2.2ClH/c1-13-17(6-7-20(24)27-13)12-26-21(29)14(2)28-22(30)19-10-16(11-25-19)8-15-4-3-5-18(23)9-15;;/h3-7,9,14,16,19,25H,8,10-12H2,1-2H3,(H2,24,27)(H,26,29)(H,28,30);2*1H/t14-,16-,19+;;/m0../s1. The Morgan fingerprint density at radius 3 is 2.72 bits per heavy atom. The third-order valence-corrected chi connectivity index (χ3v) is 5.87. The van der Waals surface area contributed by atoms with Gasteiger partial charge in [-0.25, -0.2) is 4.98 Å². The molecule has 0 saturated carbocycles. The minimum atomic E-state index is -0.620. The lowest BCUT2D eigenvalue weighted by atomic mass is 9.96. The quantitative estimate of drug-likeness (QED) is 0.427. The molecule has 1 saturated heterocycles. The van der Waals surface area contributed by atoms with Crippen molar-refractivity contribution in [2.24, 2.45) is 5.92 Å². The number of benzene rings is 1. The Kier molecular flexibility index (Phi) is 11.4. The monoisotopic (exact) mass is 545 g/mol. The number of hydrogen-bond acceptors (Lipinski definition) is 5. The van der Waals surface area contributed by atoms with Crippen LogP contribution in [0.25, 0.3) is 0 Å². The highest BCUT2D eigenvalue weighted by molar-refractivity contribution is 9.10. The number of nitrogens with zero attached hydrogens (tertiary/aromatic N) is 1. The molecular formula is C22H30BrCl2N5O2. The van der Waals surface area contributed by atoms with Crippen molar-refractivity contribution in [1.82, 2.24) is 20.9 Å². The molecule has 3 rings (SSSR count). The zero-order valence-corrected chi connectivity index (χ0v) is 21.3. The van der Waals surface area contributed by atoms with Gasteiger partial charge in [0.1, 0.15) is 11.9 Å². The molecule has 10 heteroatoms. The van der Waals surface area contributed by atoms with Crippen molar-refractivity contribution in [2.75, 3.05) is 12.3 Å². The van der Waals surface area contributed by atoms with E-state index in [4.69, 9.17) is 5.73 Å². The number of halogens is 3. The number of rotatable bonds is 7. The number of nitrogens with one attached hydrogen (secondary N) is 3. The molecule has 2 aromatic rings. The summed E-state index contributed by atoms with van der Waals surface area (Å²) >= 11 is 3.50. The van der Waals surface area contributed by atoms with E-state index in [1.807, 2.05) is 25.1 Å². The molecule has 176 valence electrons. The predicted molar refractivity (Wildman–Crippen MR) is 135 cm³/mol. The van der Waals surface area contributed by atoms with Crippen molar-refractivity contribution in [2.45, 2.75) is 45.3 Å². The lowest BCUT2D eigenvalue weighted by Crippen LogP contribution is -2.50. The van der Waals surface area contributed by atoms with E-state index in [9.17, 15) is 9.59 Å². The summed E-state index contributed by atoms with van der Waals surface area (Å²) in [6.07, 6.45) is 1.67. The first-order valence-electron chi connectivity index (χ1n) is 10.1. The van der Waals surface area contributed by atoms with Crippen molar-refractivity contribution in [3.8, 4) is 0 Å². The van der Waals surface area contributed by atoms with Gasteiger partial charge in [-0.15, -0.1) is 24.8 Å². The van der Waals surface area contributed by atoms with Gasteiger partial charge in [-0.3, -0.25) is 9.59 Å². The number of pyridine rings is 1. The van der Waals surface area contributed by atoms with Gasteiger partial charge in [0.2, 0.25) is 11.8 Å². The summed E-state index contributed by atoms with van der Waals surface area (Å²) in [6.45, 7) is 4.66. The Balaban J connectivity index is 0.00000256. The summed E-state index contributed by atoms with van der Waals surface area (Å²) in [5, 5.41) is 8.94. The molecule has 1 fully saturated rings. The maximum Gasteiger partial charge on any atom is 0.242 e. The number of amides is 2. The largest absolute Gasteiger partial charge is 0.384 e. The number of nitrogen functional groups attached to an aromatic ring is 1. The first kappa shape index (κ1) is 28.2. The molecular weight excluding hydrogens is 517 g/mol. The van der Waals surface area contributed by atoms with E-state index in [1.54, 1.807) is 13.0 Å². The molecule has 2 amide bonds. The van der Waals surface area contributed by atoms with Gasteiger partial charge in [-0.05, 0) is 68.5 Å². The van der Waals surface area contributed by atoms with Gasteiger partial charge in [0.05, 0.1) is 6.04 Å². The third kappa shape index (κ3) is 7.92. The van der Waals surface area contributed by atoms with Crippen molar-refractivity contribution in [1.29, 1.82) is 0 Å². The Morgan fingerprint density at radius 2 is 2.03 bits per heavy atom. The normalized spacial score (nSPS) is 18.1. The number of carbonyl (C=O) groups is 2. The van der Waals surface area contributed by atoms with E-state index in [0.29, 0.717) is 18.3 Å². The van der Waals surface area contributed by atoms with Gasteiger partial charge >= 0.3 is 0 Å². The SMILES string of the molecule is Cc1nc(N)ccc1CNC(=O)[C@H](C)NC(=O)[C@H]1C[C@H](Cc2cccc(Br)c2)CN1.Cl.Cl. The first-order valence-corrected chi connectivity index (χ1v) is 10.9. The van der Waals surface area contributed by atoms with E-state index >= 15 is 0 Å². The maximum atomic E-state index is 12.6. The van der Waals surface area contributed by atoms with Crippen molar-refractivity contribution in [3.05, 3.63) is 57.7 Å². The average molecular weight is 547 g/mol. The number of nitrogens with two attached hydrogens (primary N) is 1. The summed E-state index contributed by atoms with van der Waals surface area (Å²) in [7, 11) is 0. The fraction of sp³-hybridized carbons (Fsp3) is 0.409. The van der Waals surface area contributed by atoms with Crippen LogP contribution in [0.1, 0.15) is 30.2 Å². The van der Waals surface area contributed by atoms with Crippen LogP contribution < -0.4 is 21.7 Å². The van der Waals surface area contributed by atoms with Gasteiger partial charge < -0.3 is 21.7 Å². The second-order valence-corrected chi connectivity index (χ2v) is 8.74. The highest BCUT2D eigenvalue weighted by Gasteiger charge is 2.30. The van der Waals surface area contributed by atoms with E-state index in [-0.39, 0.29) is 42.7 Å². The second-order valence-electron chi connectivity index (χ2n) is 7.83. The molecule has 1 aliphatic heterocycles. The van der Waals surface area contributed by atoms with Crippen LogP contribution in [-0.4, -0.2) is 35.4 Å². The summed E-state index contributed by atoms with van der Waals surface area (Å²) in [5.41, 5.74) is 8.57. The Labute approximate surface area is 209 Å². The van der Waals surface area contributed by atoms with Crippen LogP contribution in [0.3, 0.4) is 0 Å². The van der Waals surface area contributed by atoms with Gasteiger partial charge in [0.15, 0.2) is 0 Å². The van der Waals surface area contributed by atoms with Crippen LogP contribution in [0.2, 0.25) is 0 Å². The zero-order valence-electron chi connectivity index (χ0n) is 18.1. The molecule has 1 aromatic heterocycles. The Bertz CT molecular complexity index is 931. The van der Waals surface area contributed by atoms with Crippen LogP contribution in [0.5, 0.6) is 0 Å². The highest BCUT2D eigenvalue weighted by atomic mass is 79.9. The van der Waals surface area contributed by atoms with Crippen LogP contribution in [0.15, 0.2) is 40.9 Å². The highest BCUT2D eigenvalue weighted by Crippen LogP contribution is 2.21. The van der Waals surface area contributed by atoms with Gasteiger partial charge in [-0.2, -0.15) is 0 Å². The third-order valence-electron chi connectivity index (χ3n) is 5.37. The molecule has 1 aromatic carbocycles. The molecule has 0 unspecified atom stereocenters. The molecule has 3 atom stereocenters. The molecule has 7 nitrogen and oxygen atoms in total. The molecule has 32 heavy (non-hydrogen) atoms. The molecule has 1 aliphatic rings. The summed E-state index contributed by atoms with van der Waals surface area (Å²) < 4.78 is 1.06. The Morgan fingerprint density at radius 1 is 1.28 bits per heavy atom. The van der Waals surface area contributed by atoms with Crippen LogP contribution >= 0.6 is 40.7 Å². The zero-order chi connectivity index (χ0) is 21.7. The minimum Gasteiger partial charge on any atom is -0.384 e. The van der Waals surface area contributed by atoms with Gasteiger partial charge in [0, 0.05) is 16.7 Å². The smallest absolute Gasteiger partial charge is 0.242 e. The average Bonchev–Trinajstić information content (AvgIpc) is 3.15. The molecule has 2 heterocycles. The predicted octanol–water partition coefficient (Wildman–Crippen LogP) is 2.92. The van der Waals surface area contributed by atoms with Crippen molar-refractivity contribution >= 4 is 58.4 Å². The van der Waals surface area contributed by atoms with Crippen LogP contribution in [-0.2, 0) is 22.6 Å². The van der Waals surface area contributed by atoms with Gasteiger partial charge in [-0.1, -0.05) is 34.1 Å². The summed E-state index contributed by atoms with van der Waals surface area (Å²) in [5.74, 6) is 0.466. The summed E-state index contributed by atoms with van der Waals surface area (Å²) in [4.78, 5) is 29.2. The fourth-order valence-electron chi connectivity index (χ4n) is 3.67. The molecule has 5 N–H and O–H groups in total. The van der Waals surface area contributed by atoms with Crippen LogP contribution in [0.4, 0.5) is 5.82 Å². The van der Waals surface area contributed by atoms with E-state index in [2.05, 4.69) is 49.0 Å². The van der Waals surface area contributed by atoms with E-state index in [1.165, 1.54) is 5.56 Å². The Hall–Kier alpha value is -1.87. The lowest BCUT2D eigenvalue weighted by Gasteiger charge is -2.17. The van der Waals surface area contributed by atoms with Crippen molar-refractivity contribution in [3.63, 3.8) is 0 Å². The topological polar surface area (TPSA) is 109 Å². The number of aromatic nitrogens is 1. The second kappa shape index (κ2) is 13.0. The van der Waals surface area contributed by atoms with Crippen molar-refractivity contribution < 1.29 is 9.59 Å². The summed E-state index contributed by atoms with van der Waals surface area (Å²) in [6, 6.07) is 10.9. The number of hydrogen-bond donors (Lipinski definition) is 4.